The number of ether oxygens (including phenoxy) is 3. The lowest BCUT2D eigenvalue weighted by molar-refractivity contribution is -0.162. The monoisotopic (exact) mass is 327 g/mol. The van der Waals surface area contributed by atoms with E-state index in [1.807, 2.05) is 0 Å². The quantitative estimate of drug-likeness (QED) is 0.576. The average molecular weight is 327 g/mol. The third kappa shape index (κ3) is 6.87. The third-order valence-electron chi connectivity index (χ3n) is 4.29. The van der Waals surface area contributed by atoms with Gasteiger partial charge >= 0.3 is 6.09 Å². The Morgan fingerprint density at radius 1 is 1.09 bits per heavy atom. The van der Waals surface area contributed by atoms with Crippen LogP contribution in [0.1, 0.15) is 64.2 Å². The zero-order valence-corrected chi connectivity index (χ0v) is 14.0. The molecule has 0 radical (unpaired) electrons. The summed E-state index contributed by atoms with van der Waals surface area (Å²) < 4.78 is 16.0. The van der Waals surface area contributed by atoms with Crippen LogP contribution in [0.3, 0.4) is 0 Å². The first-order chi connectivity index (χ1) is 11.3. The van der Waals surface area contributed by atoms with Gasteiger partial charge in [-0.3, -0.25) is 4.79 Å². The van der Waals surface area contributed by atoms with Gasteiger partial charge in [-0.15, -0.1) is 0 Å². The van der Waals surface area contributed by atoms with Gasteiger partial charge in [0.05, 0.1) is 6.54 Å². The molecule has 23 heavy (non-hydrogen) atoms. The average Bonchev–Trinajstić information content (AvgIpc) is 3.00. The highest BCUT2D eigenvalue weighted by molar-refractivity contribution is 5.92. The van der Waals surface area contributed by atoms with Gasteiger partial charge in [-0.25, -0.2) is 9.69 Å². The van der Waals surface area contributed by atoms with Crippen molar-refractivity contribution < 1.29 is 23.8 Å². The minimum Gasteiger partial charge on any atom is -0.447 e. The van der Waals surface area contributed by atoms with Crippen molar-refractivity contribution in [3.63, 3.8) is 0 Å². The summed E-state index contributed by atoms with van der Waals surface area (Å²) in [5.41, 5.74) is 0. The van der Waals surface area contributed by atoms with E-state index in [0.717, 1.165) is 64.6 Å². The van der Waals surface area contributed by atoms with E-state index in [1.165, 1.54) is 11.3 Å². The fourth-order valence-corrected chi connectivity index (χ4v) is 2.90. The molecular formula is C17H29NO5. The molecular weight excluding hydrogens is 298 g/mol. The number of cyclic esters (lactones) is 1. The Balaban J connectivity index is 1.36. The lowest BCUT2D eigenvalue weighted by Gasteiger charge is -2.22. The van der Waals surface area contributed by atoms with E-state index in [-0.39, 0.29) is 12.2 Å². The molecule has 2 saturated heterocycles. The van der Waals surface area contributed by atoms with Gasteiger partial charge in [0.25, 0.3) is 0 Å². The van der Waals surface area contributed by atoms with E-state index in [4.69, 9.17) is 14.2 Å². The van der Waals surface area contributed by atoms with Crippen LogP contribution >= 0.6 is 0 Å². The second kappa shape index (κ2) is 10.6. The van der Waals surface area contributed by atoms with Gasteiger partial charge in [0.15, 0.2) is 6.29 Å². The predicted molar refractivity (Wildman–Crippen MR) is 84.9 cm³/mol. The van der Waals surface area contributed by atoms with Crippen LogP contribution in [0, 0.1) is 0 Å². The first-order valence-electron chi connectivity index (χ1n) is 8.98. The summed E-state index contributed by atoms with van der Waals surface area (Å²) >= 11 is 0. The van der Waals surface area contributed by atoms with Gasteiger partial charge in [-0.1, -0.05) is 25.7 Å². The van der Waals surface area contributed by atoms with Gasteiger partial charge in [0.1, 0.15) is 6.61 Å². The maximum absolute atomic E-state index is 11.8. The van der Waals surface area contributed by atoms with Crippen molar-refractivity contribution in [1.82, 2.24) is 4.90 Å². The van der Waals surface area contributed by atoms with Crippen molar-refractivity contribution in [2.75, 3.05) is 26.4 Å². The Labute approximate surface area is 138 Å². The molecule has 1 unspecified atom stereocenters. The smallest absolute Gasteiger partial charge is 0.416 e. The highest BCUT2D eigenvalue weighted by atomic mass is 16.7. The van der Waals surface area contributed by atoms with E-state index in [2.05, 4.69) is 0 Å². The van der Waals surface area contributed by atoms with Gasteiger partial charge in [-0.05, 0) is 32.1 Å². The summed E-state index contributed by atoms with van der Waals surface area (Å²) in [6.07, 6.45) is 9.74. The molecule has 0 N–H and O–H groups in total. The lowest BCUT2D eigenvalue weighted by atomic mass is 10.1. The van der Waals surface area contributed by atoms with E-state index in [1.54, 1.807) is 0 Å². The maximum atomic E-state index is 11.8. The van der Waals surface area contributed by atoms with Crippen LogP contribution < -0.4 is 0 Å². The van der Waals surface area contributed by atoms with Crippen LogP contribution in [-0.2, 0) is 19.0 Å². The van der Waals surface area contributed by atoms with Crippen LogP contribution in [0.5, 0.6) is 0 Å². The number of hydrogen-bond donors (Lipinski definition) is 0. The van der Waals surface area contributed by atoms with Gasteiger partial charge in [0.2, 0.25) is 5.91 Å². The molecule has 132 valence electrons. The summed E-state index contributed by atoms with van der Waals surface area (Å²) in [5.74, 6) is -0.103. The van der Waals surface area contributed by atoms with E-state index in [9.17, 15) is 9.59 Å². The van der Waals surface area contributed by atoms with Gasteiger partial charge in [0, 0.05) is 19.6 Å². The number of rotatable bonds is 10. The molecule has 0 aromatic rings. The van der Waals surface area contributed by atoms with Crippen LogP contribution in [-0.4, -0.2) is 49.6 Å². The topological polar surface area (TPSA) is 65.1 Å². The van der Waals surface area contributed by atoms with Crippen molar-refractivity contribution >= 4 is 12.0 Å². The summed E-state index contributed by atoms with van der Waals surface area (Å²) in [6, 6.07) is 0. The van der Waals surface area contributed by atoms with Crippen LogP contribution in [0.2, 0.25) is 0 Å². The lowest BCUT2D eigenvalue weighted by Crippen LogP contribution is -2.31. The molecule has 2 aliphatic rings. The summed E-state index contributed by atoms with van der Waals surface area (Å²) in [7, 11) is 0. The Kier molecular flexibility index (Phi) is 8.39. The summed E-state index contributed by atoms with van der Waals surface area (Å²) in [6.45, 7) is 2.35. The Bertz CT molecular complexity index is 368. The Hall–Kier alpha value is -1.14. The summed E-state index contributed by atoms with van der Waals surface area (Å²) in [4.78, 5) is 24.2. The number of unbranched alkanes of at least 4 members (excludes halogenated alkanes) is 5. The van der Waals surface area contributed by atoms with Crippen LogP contribution in [0.25, 0.3) is 0 Å². The SMILES string of the molecule is O=C(CCCCCCCCOC1CCCCO1)N1CCOC1=O. The molecule has 6 nitrogen and oxygen atoms in total. The van der Waals surface area contributed by atoms with Crippen LogP contribution in [0.4, 0.5) is 4.79 Å². The van der Waals surface area contributed by atoms with Gasteiger partial charge in [-0.2, -0.15) is 0 Å². The number of imide groups is 1. The molecule has 2 amide bonds. The minimum absolute atomic E-state index is 0.0204. The van der Waals surface area contributed by atoms with Gasteiger partial charge < -0.3 is 14.2 Å². The fraction of sp³-hybridized carbons (Fsp3) is 0.882. The number of nitrogens with zero attached hydrogens (tertiary/aromatic N) is 1. The molecule has 6 heteroatoms. The zero-order valence-electron chi connectivity index (χ0n) is 14.0. The number of carbonyl (C=O) groups excluding carboxylic acids is 2. The molecule has 2 aliphatic heterocycles. The molecule has 2 fully saturated rings. The third-order valence-corrected chi connectivity index (χ3v) is 4.29. The number of amides is 2. The zero-order chi connectivity index (χ0) is 16.3. The largest absolute Gasteiger partial charge is 0.447 e. The molecule has 0 aliphatic carbocycles. The van der Waals surface area contributed by atoms with E-state index >= 15 is 0 Å². The van der Waals surface area contributed by atoms with Crippen molar-refractivity contribution in [3.05, 3.63) is 0 Å². The molecule has 0 spiro atoms. The Morgan fingerprint density at radius 2 is 1.87 bits per heavy atom. The molecule has 0 aromatic heterocycles. The number of carbonyl (C=O) groups is 2. The molecule has 0 aromatic carbocycles. The molecule has 1 atom stereocenters. The number of hydrogen-bond acceptors (Lipinski definition) is 5. The highest BCUT2D eigenvalue weighted by Gasteiger charge is 2.27. The van der Waals surface area contributed by atoms with Crippen molar-refractivity contribution in [3.8, 4) is 0 Å². The first-order valence-corrected chi connectivity index (χ1v) is 8.98. The predicted octanol–water partition coefficient (Wildman–Crippen LogP) is 3.24. The van der Waals surface area contributed by atoms with Crippen LogP contribution in [0.15, 0.2) is 0 Å². The minimum atomic E-state index is -0.489. The molecule has 2 rings (SSSR count). The normalized spacial score (nSPS) is 21.5. The standard InChI is InChI=1S/C17H29NO5/c19-15(18-11-14-23-17(18)20)9-5-3-1-2-4-7-12-21-16-10-6-8-13-22-16/h16H,1-14H2. The molecule has 0 bridgehead atoms. The van der Waals surface area contributed by atoms with Crippen molar-refractivity contribution in [1.29, 1.82) is 0 Å². The second-order valence-corrected chi connectivity index (χ2v) is 6.20. The van der Waals surface area contributed by atoms with E-state index in [0.29, 0.717) is 19.6 Å². The Morgan fingerprint density at radius 3 is 2.57 bits per heavy atom. The van der Waals surface area contributed by atoms with E-state index < -0.39 is 6.09 Å². The molecule has 2 heterocycles. The fourth-order valence-electron chi connectivity index (χ4n) is 2.90. The van der Waals surface area contributed by atoms with Crippen molar-refractivity contribution in [2.45, 2.75) is 70.5 Å². The van der Waals surface area contributed by atoms with Crippen molar-refractivity contribution in [2.24, 2.45) is 0 Å². The molecule has 0 saturated carbocycles. The second-order valence-electron chi connectivity index (χ2n) is 6.20. The highest BCUT2D eigenvalue weighted by Crippen LogP contribution is 2.15. The maximum Gasteiger partial charge on any atom is 0.416 e. The summed E-state index contributed by atoms with van der Waals surface area (Å²) in [5, 5.41) is 0. The first kappa shape index (κ1) is 18.2.